The highest BCUT2D eigenvalue weighted by Crippen LogP contribution is 2.52. The molecule has 3 aliphatic rings. The summed E-state index contributed by atoms with van der Waals surface area (Å²) in [5.41, 5.74) is 0. The third-order valence-corrected chi connectivity index (χ3v) is 6.43. The van der Waals surface area contributed by atoms with Gasteiger partial charge in [0.2, 0.25) is 5.91 Å². The van der Waals surface area contributed by atoms with Gasteiger partial charge in [0.05, 0.1) is 0 Å². The molecule has 0 aromatic carbocycles. The van der Waals surface area contributed by atoms with E-state index in [-0.39, 0.29) is 0 Å². The first-order chi connectivity index (χ1) is 11.2. The Hall–Kier alpha value is -1.17. The van der Waals surface area contributed by atoms with Crippen LogP contribution in [0, 0.1) is 22.5 Å². The molecule has 6 heteroatoms. The van der Waals surface area contributed by atoms with Crippen molar-refractivity contribution in [3.05, 3.63) is 10.6 Å². The third kappa shape index (κ3) is 2.75. The number of piperidine rings is 1. The molecule has 0 bridgehead atoms. The third-order valence-electron chi connectivity index (χ3n) is 6.11. The number of carbonyl (C=O) groups excluding carboxylic acids is 1. The van der Waals surface area contributed by atoms with Crippen molar-refractivity contribution in [3.8, 4) is 0 Å². The molecule has 1 saturated heterocycles. The van der Waals surface area contributed by atoms with Gasteiger partial charge in [0, 0.05) is 31.5 Å². The number of hydrogen-bond acceptors (Lipinski definition) is 3. The number of hydrogen-bond donors (Lipinski definition) is 1. The van der Waals surface area contributed by atoms with Crippen molar-refractivity contribution in [2.24, 2.45) is 17.8 Å². The summed E-state index contributed by atoms with van der Waals surface area (Å²) in [5.74, 6) is 3.63. The zero-order chi connectivity index (χ0) is 16.0. The van der Waals surface area contributed by atoms with Gasteiger partial charge >= 0.3 is 0 Å². The monoisotopic (exact) mass is 334 g/mol. The molecule has 1 amide bonds. The van der Waals surface area contributed by atoms with Crippen molar-refractivity contribution in [2.45, 2.75) is 57.9 Å². The molecule has 1 aliphatic heterocycles. The van der Waals surface area contributed by atoms with Crippen LogP contribution in [0.1, 0.15) is 57.2 Å². The highest BCUT2D eigenvalue weighted by Gasteiger charge is 2.50. The minimum absolute atomic E-state index is 0.321. The van der Waals surface area contributed by atoms with Crippen molar-refractivity contribution < 1.29 is 4.79 Å². The maximum absolute atomic E-state index is 12.8. The van der Waals surface area contributed by atoms with E-state index in [0.717, 1.165) is 50.6 Å². The van der Waals surface area contributed by atoms with E-state index < -0.39 is 0 Å². The largest absolute Gasteiger partial charge is 0.342 e. The Balaban J connectivity index is 1.43. The van der Waals surface area contributed by atoms with E-state index >= 15 is 0 Å². The van der Waals surface area contributed by atoms with E-state index in [1.165, 1.54) is 19.3 Å². The second-order valence-electron chi connectivity index (χ2n) is 7.45. The number of nitrogens with zero attached hydrogens (tertiary/aromatic N) is 3. The number of H-pyrrole nitrogens is 1. The number of aromatic nitrogens is 3. The molecule has 126 valence electrons. The average Bonchev–Trinajstić information content (AvgIpc) is 3.19. The summed E-state index contributed by atoms with van der Waals surface area (Å²) in [6.45, 7) is 4.66. The van der Waals surface area contributed by atoms with Crippen LogP contribution in [0.25, 0.3) is 0 Å². The van der Waals surface area contributed by atoms with Gasteiger partial charge in [0.1, 0.15) is 5.82 Å². The molecule has 3 atom stereocenters. The van der Waals surface area contributed by atoms with Crippen LogP contribution in [0.15, 0.2) is 0 Å². The van der Waals surface area contributed by atoms with Crippen molar-refractivity contribution in [1.82, 2.24) is 19.7 Å². The summed E-state index contributed by atoms with van der Waals surface area (Å²) in [6.07, 6.45) is 7.37. The Morgan fingerprint density at radius 1 is 1.35 bits per heavy atom. The standard InChI is InChI=1S/C17H26N4OS/c1-2-21-15(18-19-17(21)23)12-7-4-8-20(10-12)16(22)14-9-13(14)11-5-3-6-11/h11-14H,2-10H2,1H3,(H,19,23)/t12-,13+,14-/m1/s1. The summed E-state index contributed by atoms with van der Waals surface area (Å²) in [6, 6.07) is 0. The van der Waals surface area contributed by atoms with Crippen molar-refractivity contribution in [3.63, 3.8) is 0 Å². The molecule has 0 radical (unpaired) electrons. The molecule has 4 rings (SSSR count). The van der Waals surface area contributed by atoms with Gasteiger partial charge in [-0.3, -0.25) is 9.89 Å². The van der Waals surface area contributed by atoms with E-state index in [1.54, 1.807) is 0 Å². The molecule has 1 aromatic rings. The molecular formula is C17H26N4OS. The molecule has 1 aromatic heterocycles. The summed E-state index contributed by atoms with van der Waals surface area (Å²) >= 11 is 5.30. The van der Waals surface area contributed by atoms with Gasteiger partial charge in [-0.25, -0.2) is 0 Å². The Bertz CT molecular complexity index is 647. The Morgan fingerprint density at radius 2 is 2.17 bits per heavy atom. The Morgan fingerprint density at radius 3 is 2.87 bits per heavy atom. The van der Waals surface area contributed by atoms with Gasteiger partial charge in [-0.15, -0.1) is 0 Å². The maximum Gasteiger partial charge on any atom is 0.226 e. The predicted octanol–water partition coefficient (Wildman–Crippen LogP) is 3.10. The van der Waals surface area contributed by atoms with E-state index in [4.69, 9.17) is 12.2 Å². The molecule has 2 saturated carbocycles. The number of rotatable bonds is 4. The van der Waals surface area contributed by atoms with Gasteiger partial charge in [-0.1, -0.05) is 19.3 Å². The molecule has 0 unspecified atom stereocenters. The SMILES string of the molecule is CCn1c([C@@H]2CCCN(C(=O)[C@@H]3C[C@H]3C3CCC3)C2)n[nH]c1=S. The van der Waals surface area contributed by atoms with Crippen LogP contribution in [0.5, 0.6) is 0 Å². The summed E-state index contributed by atoms with van der Waals surface area (Å²) < 4.78 is 2.76. The fourth-order valence-electron chi connectivity index (χ4n) is 4.46. The molecule has 2 heterocycles. The number of likely N-dealkylation sites (tertiary alicyclic amines) is 1. The minimum atomic E-state index is 0.321. The zero-order valence-electron chi connectivity index (χ0n) is 13.8. The fraction of sp³-hybridized carbons (Fsp3) is 0.824. The van der Waals surface area contributed by atoms with Gasteiger partial charge in [-0.2, -0.15) is 5.10 Å². The van der Waals surface area contributed by atoms with E-state index in [0.29, 0.717) is 28.4 Å². The van der Waals surface area contributed by atoms with Gasteiger partial charge in [0.15, 0.2) is 4.77 Å². The fourth-order valence-corrected chi connectivity index (χ4v) is 4.73. The quantitative estimate of drug-likeness (QED) is 0.861. The lowest BCUT2D eigenvalue weighted by Gasteiger charge is -2.33. The molecule has 3 fully saturated rings. The normalized spacial score (nSPS) is 31.0. The Kier molecular flexibility index (Phi) is 4.03. The molecule has 5 nitrogen and oxygen atoms in total. The van der Waals surface area contributed by atoms with Crippen LogP contribution < -0.4 is 0 Å². The number of aromatic amines is 1. The van der Waals surface area contributed by atoms with Crippen LogP contribution >= 0.6 is 12.2 Å². The van der Waals surface area contributed by atoms with E-state index in [9.17, 15) is 4.79 Å². The van der Waals surface area contributed by atoms with Gasteiger partial charge in [-0.05, 0) is 50.2 Å². The summed E-state index contributed by atoms with van der Waals surface area (Å²) in [7, 11) is 0. The molecule has 23 heavy (non-hydrogen) atoms. The minimum Gasteiger partial charge on any atom is -0.342 e. The molecule has 2 aliphatic carbocycles. The van der Waals surface area contributed by atoms with Crippen molar-refractivity contribution in [2.75, 3.05) is 13.1 Å². The molecular weight excluding hydrogens is 308 g/mol. The van der Waals surface area contributed by atoms with Crippen LogP contribution in [-0.4, -0.2) is 38.7 Å². The van der Waals surface area contributed by atoms with Crippen LogP contribution in [0.4, 0.5) is 0 Å². The Labute approximate surface area is 142 Å². The van der Waals surface area contributed by atoms with Crippen LogP contribution in [-0.2, 0) is 11.3 Å². The predicted molar refractivity (Wildman–Crippen MR) is 90.6 cm³/mol. The van der Waals surface area contributed by atoms with Gasteiger partial charge in [0.25, 0.3) is 0 Å². The zero-order valence-corrected chi connectivity index (χ0v) is 14.6. The topological polar surface area (TPSA) is 53.9 Å². The number of carbonyl (C=O) groups is 1. The first kappa shape index (κ1) is 15.4. The number of nitrogens with one attached hydrogen (secondary N) is 1. The summed E-state index contributed by atoms with van der Waals surface area (Å²) in [4.78, 5) is 14.9. The highest BCUT2D eigenvalue weighted by atomic mass is 32.1. The number of amides is 1. The van der Waals surface area contributed by atoms with E-state index in [2.05, 4.69) is 26.6 Å². The van der Waals surface area contributed by atoms with Crippen LogP contribution in [0.3, 0.4) is 0 Å². The first-order valence-electron chi connectivity index (χ1n) is 9.13. The smallest absolute Gasteiger partial charge is 0.226 e. The molecule has 0 spiro atoms. The summed E-state index contributed by atoms with van der Waals surface area (Å²) in [5, 5.41) is 7.35. The van der Waals surface area contributed by atoms with E-state index in [1.807, 2.05) is 0 Å². The first-order valence-corrected chi connectivity index (χ1v) is 9.53. The second kappa shape index (κ2) is 6.04. The lowest BCUT2D eigenvalue weighted by Crippen LogP contribution is -2.41. The lowest BCUT2D eigenvalue weighted by molar-refractivity contribution is -0.134. The van der Waals surface area contributed by atoms with Crippen LogP contribution in [0.2, 0.25) is 0 Å². The lowest BCUT2D eigenvalue weighted by atomic mass is 9.81. The van der Waals surface area contributed by atoms with Crippen molar-refractivity contribution >= 4 is 18.1 Å². The van der Waals surface area contributed by atoms with Crippen molar-refractivity contribution in [1.29, 1.82) is 0 Å². The second-order valence-corrected chi connectivity index (χ2v) is 7.84. The highest BCUT2D eigenvalue weighted by molar-refractivity contribution is 7.71. The maximum atomic E-state index is 12.8. The average molecular weight is 334 g/mol. The molecule has 1 N–H and O–H groups in total. The van der Waals surface area contributed by atoms with Gasteiger partial charge < -0.3 is 9.47 Å².